The molecule has 22 heavy (non-hydrogen) atoms. The van der Waals surface area contributed by atoms with E-state index in [0.717, 1.165) is 42.7 Å². The van der Waals surface area contributed by atoms with Crippen molar-refractivity contribution in [2.75, 3.05) is 6.54 Å². The number of nitrogens with one attached hydrogen (secondary N) is 1. The van der Waals surface area contributed by atoms with Crippen LogP contribution in [-0.2, 0) is 19.9 Å². The van der Waals surface area contributed by atoms with Crippen molar-refractivity contribution < 1.29 is 14.4 Å². The molecule has 3 rings (SSSR count). The second kappa shape index (κ2) is 6.36. The van der Waals surface area contributed by atoms with Crippen LogP contribution in [0.15, 0.2) is 22.9 Å². The third kappa shape index (κ3) is 2.92. The molecule has 0 aromatic carbocycles. The van der Waals surface area contributed by atoms with E-state index >= 15 is 0 Å². The Morgan fingerprint density at radius 2 is 2.32 bits per heavy atom. The van der Waals surface area contributed by atoms with E-state index in [1.807, 2.05) is 29.9 Å². The van der Waals surface area contributed by atoms with E-state index in [4.69, 9.17) is 4.52 Å². The van der Waals surface area contributed by atoms with Crippen molar-refractivity contribution in [1.82, 2.24) is 15.0 Å². The maximum absolute atomic E-state index is 12.2. The first-order valence-electron chi connectivity index (χ1n) is 7.71. The minimum Gasteiger partial charge on any atom is -0.387 e. The molecule has 2 N–H and O–H groups in total. The molecule has 0 radical (unpaired) electrons. The number of rotatable bonds is 5. The van der Waals surface area contributed by atoms with Gasteiger partial charge in [0.15, 0.2) is 5.69 Å². The molecule has 0 saturated carbocycles. The number of aromatic nitrogens is 2. The van der Waals surface area contributed by atoms with E-state index < -0.39 is 6.10 Å². The Morgan fingerprint density at radius 3 is 3.09 bits per heavy atom. The number of nitrogens with zero attached hydrogens (tertiary/aromatic N) is 2. The lowest BCUT2D eigenvalue weighted by molar-refractivity contribution is 0.0931. The van der Waals surface area contributed by atoms with E-state index in [9.17, 15) is 9.90 Å². The number of carbonyl (C=O) groups excluding carboxylic acids is 1. The molecule has 118 valence electrons. The van der Waals surface area contributed by atoms with Crippen LogP contribution >= 0.6 is 0 Å². The van der Waals surface area contributed by atoms with Gasteiger partial charge in [0.1, 0.15) is 5.76 Å². The van der Waals surface area contributed by atoms with Crippen LogP contribution in [0.3, 0.4) is 0 Å². The van der Waals surface area contributed by atoms with Crippen LogP contribution in [0.25, 0.3) is 0 Å². The lowest BCUT2D eigenvalue weighted by atomic mass is 9.96. The number of aliphatic hydroxyl groups is 1. The molecular formula is C16H21N3O3. The molecule has 0 aliphatic heterocycles. The molecule has 6 heteroatoms. The summed E-state index contributed by atoms with van der Waals surface area (Å²) in [6.07, 6.45) is 5.64. The molecule has 1 amide bonds. The summed E-state index contributed by atoms with van der Waals surface area (Å²) in [6, 6.07) is 3.76. The molecular weight excluding hydrogens is 282 g/mol. The molecule has 0 fully saturated rings. The van der Waals surface area contributed by atoms with Crippen molar-refractivity contribution in [3.63, 3.8) is 0 Å². The topological polar surface area (TPSA) is 80.3 Å². The molecule has 1 unspecified atom stereocenters. The highest BCUT2D eigenvalue weighted by molar-refractivity contribution is 5.93. The van der Waals surface area contributed by atoms with Crippen molar-refractivity contribution in [3.05, 3.63) is 41.0 Å². The smallest absolute Gasteiger partial charge is 0.273 e. The maximum atomic E-state index is 12.2. The quantitative estimate of drug-likeness (QED) is 0.882. The van der Waals surface area contributed by atoms with Gasteiger partial charge in [-0.05, 0) is 37.8 Å². The van der Waals surface area contributed by atoms with E-state index in [0.29, 0.717) is 18.7 Å². The lowest BCUT2D eigenvalue weighted by Crippen LogP contribution is -2.27. The van der Waals surface area contributed by atoms with Crippen molar-refractivity contribution in [3.8, 4) is 0 Å². The van der Waals surface area contributed by atoms with E-state index in [1.165, 1.54) is 0 Å². The largest absolute Gasteiger partial charge is 0.387 e. The number of amides is 1. The monoisotopic (exact) mass is 303 g/mol. The van der Waals surface area contributed by atoms with E-state index in [2.05, 4.69) is 10.5 Å². The summed E-state index contributed by atoms with van der Waals surface area (Å²) in [4.78, 5) is 12.2. The van der Waals surface area contributed by atoms with E-state index in [1.54, 1.807) is 0 Å². The molecule has 2 aromatic rings. The number of fused-ring (bicyclic) bond motifs is 1. The highest BCUT2D eigenvalue weighted by Crippen LogP contribution is 2.24. The number of hydrogen-bond donors (Lipinski definition) is 2. The summed E-state index contributed by atoms with van der Waals surface area (Å²) >= 11 is 0. The zero-order chi connectivity index (χ0) is 15.5. The Morgan fingerprint density at radius 1 is 1.50 bits per heavy atom. The van der Waals surface area contributed by atoms with Crippen LogP contribution in [0.2, 0.25) is 0 Å². The highest BCUT2D eigenvalue weighted by atomic mass is 16.5. The Balaban J connectivity index is 1.55. The highest BCUT2D eigenvalue weighted by Gasteiger charge is 2.23. The van der Waals surface area contributed by atoms with Crippen molar-refractivity contribution in [2.24, 2.45) is 7.05 Å². The van der Waals surface area contributed by atoms with Crippen LogP contribution in [0.1, 0.15) is 52.9 Å². The fraction of sp³-hybridized carbons (Fsp3) is 0.500. The summed E-state index contributed by atoms with van der Waals surface area (Å²) in [5, 5.41) is 16.8. The molecule has 1 atom stereocenters. The average Bonchev–Trinajstić information content (AvgIpc) is 3.13. The fourth-order valence-electron chi connectivity index (χ4n) is 2.94. The van der Waals surface area contributed by atoms with Crippen LogP contribution in [-0.4, -0.2) is 27.3 Å². The maximum Gasteiger partial charge on any atom is 0.273 e. The van der Waals surface area contributed by atoms with Crippen LogP contribution in [0.4, 0.5) is 0 Å². The molecule has 2 aromatic heterocycles. The number of carbonyl (C=O) groups is 1. The summed E-state index contributed by atoms with van der Waals surface area (Å²) < 4.78 is 7.12. The Hall–Kier alpha value is -2.08. The van der Waals surface area contributed by atoms with Crippen LogP contribution < -0.4 is 5.32 Å². The Bertz CT molecular complexity index is 659. The predicted octanol–water partition coefficient (Wildman–Crippen LogP) is 1.75. The number of aliphatic hydroxyl groups excluding tert-OH is 1. The SMILES string of the molecule is Cn1cccc1C(O)CCNC(=O)c1noc2c1CCCC2. The molecule has 6 nitrogen and oxygen atoms in total. The van der Waals surface area contributed by atoms with Gasteiger partial charge in [-0.1, -0.05) is 5.16 Å². The average molecular weight is 303 g/mol. The lowest BCUT2D eigenvalue weighted by Gasteiger charge is -2.13. The van der Waals surface area contributed by atoms with Gasteiger partial charge in [-0.25, -0.2) is 0 Å². The van der Waals surface area contributed by atoms with Gasteiger partial charge in [-0.3, -0.25) is 4.79 Å². The van der Waals surface area contributed by atoms with Gasteiger partial charge < -0.3 is 19.5 Å². The van der Waals surface area contributed by atoms with Gasteiger partial charge in [0.05, 0.1) is 6.10 Å². The first kappa shape index (κ1) is 14.8. The number of aryl methyl sites for hydroxylation is 2. The molecule has 0 spiro atoms. The first-order chi connectivity index (χ1) is 10.7. The van der Waals surface area contributed by atoms with Gasteiger partial charge in [-0.2, -0.15) is 0 Å². The van der Waals surface area contributed by atoms with Crippen molar-refractivity contribution >= 4 is 5.91 Å². The summed E-state index contributed by atoms with van der Waals surface area (Å²) in [6.45, 7) is 0.396. The molecule has 1 aliphatic carbocycles. The second-order valence-corrected chi connectivity index (χ2v) is 5.74. The second-order valence-electron chi connectivity index (χ2n) is 5.74. The summed E-state index contributed by atoms with van der Waals surface area (Å²) in [5.74, 6) is 0.631. The van der Waals surface area contributed by atoms with Crippen LogP contribution in [0.5, 0.6) is 0 Å². The van der Waals surface area contributed by atoms with Gasteiger partial charge in [0, 0.05) is 37.5 Å². The van der Waals surface area contributed by atoms with Gasteiger partial charge in [0.2, 0.25) is 0 Å². The zero-order valence-corrected chi connectivity index (χ0v) is 12.7. The van der Waals surface area contributed by atoms with Gasteiger partial charge in [-0.15, -0.1) is 0 Å². The van der Waals surface area contributed by atoms with Gasteiger partial charge >= 0.3 is 0 Å². The Kier molecular flexibility index (Phi) is 4.29. The van der Waals surface area contributed by atoms with Crippen LogP contribution in [0, 0.1) is 0 Å². The third-order valence-corrected chi connectivity index (χ3v) is 4.19. The minimum atomic E-state index is -0.591. The molecule has 1 aliphatic rings. The number of hydrogen-bond acceptors (Lipinski definition) is 4. The fourth-order valence-corrected chi connectivity index (χ4v) is 2.94. The third-order valence-electron chi connectivity index (χ3n) is 4.19. The van der Waals surface area contributed by atoms with E-state index in [-0.39, 0.29) is 5.91 Å². The summed E-state index contributed by atoms with van der Waals surface area (Å²) in [5.41, 5.74) is 2.20. The molecule has 2 heterocycles. The summed E-state index contributed by atoms with van der Waals surface area (Å²) in [7, 11) is 1.89. The normalized spacial score (nSPS) is 15.4. The van der Waals surface area contributed by atoms with Crippen molar-refractivity contribution in [1.29, 1.82) is 0 Å². The minimum absolute atomic E-state index is 0.217. The van der Waals surface area contributed by atoms with Crippen molar-refractivity contribution in [2.45, 2.75) is 38.2 Å². The molecule has 0 bridgehead atoms. The van der Waals surface area contributed by atoms with Gasteiger partial charge in [0.25, 0.3) is 5.91 Å². The standard InChI is InChI=1S/C16H21N3O3/c1-19-10-4-6-12(19)13(20)8-9-17-16(21)15-11-5-2-3-7-14(11)22-18-15/h4,6,10,13,20H,2-3,5,7-9H2,1H3,(H,17,21). The first-order valence-corrected chi connectivity index (χ1v) is 7.71. The molecule has 0 saturated heterocycles. The predicted molar refractivity (Wildman–Crippen MR) is 80.5 cm³/mol. The Labute approximate surface area is 129 Å². The zero-order valence-electron chi connectivity index (χ0n) is 12.7.